The number of rotatable bonds is 8. The molecule has 0 aromatic heterocycles. The lowest BCUT2D eigenvalue weighted by atomic mass is 9.61. The van der Waals surface area contributed by atoms with Crippen molar-refractivity contribution in [1.82, 2.24) is 10.2 Å². The highest BCUT2D eigenvalue weighted by Gasteiger charge is 2.47. The van der Waals surface area contributed by atoms with E-state index in [-0.39, 0.29) is 29.7 Å². The van der Waals surface area contributed by atoms with E-state index in [1.807, 2.05) is 20.8 Å². The Hall–Kier alpha value is -1.83. The number of hydrogen-bond donors (Lipinski definition) is 4. The van der Waals surface area contributed by atoms with E-state index in [9.17, 15) is 19.5 Å². The van der Waals surface area contributed by atoms with Crippen LogP contribution in [0.2, 0.25) is 0 Å². The lowest BCUT2D eigenvalue weighted by molar-refractivity contribution is -0.132. The van der Waals surface area contributed by atoms with Crippen LogP contribution in [-0.4, -0.2) is 52.1 Å². The molecule has 0 heterocycles. The number of hydrogen-bond acceptors (Lipinski definition) is 4. The Balaban J connectivity index is 1.81. The zero-order valence-corrected chi connectivity index (χ0v) is 17.3. The van der Waals surface area contributed by atoms with E-state index in [1.54, 1.807) is 0 Å². The average Bonchev–Trinajstić information content (AvgIpc) is 2.60. The summed E-state index contributed by atoms with van der Waals surface area (Å²) in [6.45, 7) is 5.97. The van der Waals surface area contributed by atoms with E-state index < -0.39 is 17.7 Å². The summed E-state index contributed by atoms with van der Waals surface area (Å²) < 4.78 is 0. The number of carbonyl (C=O) groups is 3. The van der Waals surface area contributed by atoms with Gasteiger partial charge < -0.3 is 26.8 Å². The first-order valence-corrected chi connectivity index (χ1v) is 10.4. The molecule has 2 unspecified atom stereocenters. The van der Waals surface area contributed by atoms with E-state index in [1.165, 1.54) is 4.90 Å². The number of primary amides is 1. The van der Waals surface area contributed by atoms with Gasteiger partial charge in [-0.25, -0.2) is 4.79 Å². The predicted octanol–water partition coefficient (Wildman–Crippen LogP) is 1.67. The number of nitrogens with one attached hydrogen (secondary N) is 1. The van der Waals surface area contributed by atoms with Gasteiger partial charge in [0.2, 0.25) is 11.8 Å². The minimum atomic E-state index is -0.945. The Morgan fingerprint density at radius 2 is 1.68 bits per heavy atom. The van der Waals surface area contributed by atoms with Crippen LogP contribution in [0.25, 0.3) is 0 Å². The van der Waals surface area contributed by atoms with Gasteiger partial charge in [-0.3, -0.25) is 9.59 Å². The molecule has 0 spiro atoms. The van der Waals surface area contributed by atoms with E-state index in [0.29, 0.717) is 31.7 Å². The molecule has 0 aliphatic heterocycles. The molecule has 8 nitrogen and oxygen atoms in total. The summed E-state index contributed by atoms with van der Waals surface area (Å²) in [5, 5.41) is 12.3. The zero-order valence-electron chi connectivity index (χ0n) is 17.3. The fourth-order valence-electron chi connectivity index (χ4n) is 4.82. The van der Waals surface area contributed by atoms with Crippen molar-refractivity contribution in [2.24, 2.45) is 29.2 Å². The molecule has 0 saturated heterocycles. The Labute approximate surface area is 167 Å². The van der Waals surface area contributed by atoms with Crippen molar-refractivity contribution in [1.29, 1.82) is 0 Å². The topological polar surface area (TPSA) is 139 Å². The van der Waals surface area contributed by atoms with Crippen molar-refractivity contribution in [2.45, 2.75) is 83.3 Å². The monoisotopic (exact) mass is 396 g/mol. The van der Waals surface area contributed by atoms with Gasteiger partial charge in [0, 0.05) is 18.1 Å². The first kappa shape index (κ1) is 22.5. The maximum absolute atomic E-state index is 12.6. The van der Waals surface area contributed by atoms with Gasteiger partial charge in [0.15, 0.2) is 0 Å². The summed E-state index contributed by atoms with van der Waals surface area (Å²) in [5.41, 5.74) is 11.2. The maximum Gasteiger partial charge on any atom is 0.407 e. The van der Waals surface area contributed by atoms with Crippen molar-refractivity contribution in [3.05, 3.63) is 0 Å². The number of amides is 3. The molecular formula is C20H36N4O4. The maximum atomic E-state index is 12.6. The molecule has 3 atom stereocenters. The molecule has 3 amide bonds. The highest BCUT2D eigenvalue weighted by molar-refractivity contribution is 5.84. The second kappa shape index (κ2) is 9.11. The van der Waals surface area contributed by atoms with E-state index in [2.05, 4.69) is 5.32 Å². The second-order valence-electron chi connectivity index (χ2n) is 9.34. The zero-order chi connectivity index (χ0) is 21.1. The third-order valence-electron chi connectivity index (χ3n) is 6.38. The fraction of sp³-hybridized carbons (Fsp3) is 0.850. The van der Waals surface area contributed by atoms with Gasteiger partial charge in [-0.2, -0.15) is 0 Å². The molecule has 6 N–H and O–H groups in total. The molecule has 0 aromatic carbocycles. The van der Waals surface area contributed by atoms with Crippen LogP contribution in [0, 0.1) is 17.8 Å². The number of carboxylic acid groups (broad SMARTS) is 1. The van der Waals surface area contributed by atoms with Crippen molar-refractivity contribution in [3.8, 4) is 0 Å². The van der Waals surface area contributed by atoms with Gasteiger partial charge in [-0.1, -0.05) is 0 Å². The van der Waals surface area contributed by atoms with Crippen molar-refractivity contribution in [3.63, 3.8) is 0 Å². The first-order chi connectivity index (χ1) is 13.0. The molecule has 3 aliphatic carbocycles. The Morgan fingerprint density at radius 3 is 2.18 bits per heavy atom. The standard InChI is InChI=1S/C20H36N4O4/c1-20(2,3)24(19(27)28)11-5-4-6-14(21)18(26)23-16-13-9-7-12(8-10-13)15(16)17(22)25/h12-16H,4-11,21H2,1-3H3,(H2,22,25)(H,23,26)(H,27,28)/t12?,13?,14-,15?,16?/m0/s1. The van der Waals surface area contributed by atoms with Gasteiger partial charge >= 0.3 is 6.09 Å². The average molecular weight is 397 g/mol. The molecule has 160 valence electrons. The third kappa shape index (κ3) is 5.37. The lowest BCUT2D eigenvalue weighted by Crippen LogP contribution is -2.59. The molecule has 0 aromatic rings. The molecule has 2 bridgehead atoms. The van der Waals surface area contributed by atoms with Crippen molar-refractivity contribution in [2.75, 3.05) is 6.54 Å². The smallest absolute Gasteiger partial charge is 0.407 e. The number of nitrogens with zero attached hydrogens (tertiary/aromatic N) is 1. The summed E-state index contributed by atoms with van der Waals surface area (Å²) in [5.74, 6) is -0.295. The number of fused-ring (bicyclic) bond motifs is 3. The minimum Gasteiger partial charge on any atom is -0.465 e. The van der Waals surface area contributed by atoms with Crippen LogP contribution in [0.5, 0.6) is 0 Å². The van der Waals surface area contributed by atoms with Crippen LogP contribution in [0.3, 0.4) is 0 Å². The summed E-state index contributed by atoms with van der Waals surface area (Å²) in [6, 6.07) is -0.867. The van der Waals surface area contributed by atoms with Gasteiger partial charge in [0.25, 0.3) is 0 Å². The Kier molecular flexibility index (Phi) is 7.31. The normalized spacial score (nSPS) is 27.9. The SMILES string of the molecule is CC(C)(C)N(CCCC[C@H](N)C(=O)NC1C2CCC(CC2)C1C(N)=O)C(=O)O. The van der Waals surface area contributed by atoms with E-state index in [4.69, 9.17) is 11.5 Å². The fourth-order valence-corrected chi connectivity index (χ4v) is 4.82. The lowest BCUT2D eigenvalue weighted by Gasteiger charge is -2.47. The number of nitrogens with two attached hydrogens (primary N) is 2. The quantitative estimate of drug-likeness (QED) is 0.462. The predicted molar refractivity (Wildman–Crippen MR) is 106 cm³/mol. The first-order valence-electron chi connectivity index (χ1n) is 10.4. The molecular weight excluding hydrogens is 360 g/mol. The van der Waals surface area contributed by atoms with Crippen molar-refractivity contribution < 1.29 is 19.5 Å². The summed E-state index contributed by atoms with van der Waals surface area (Å²) in [6.07, 6.45) is 4.88. The van der Waals surface area contributed by atoms with E-state index >= 15 is 0 Å². The molecule has 28 heavy (non-hydrogen) atoms. The van der Waals surface area contributed by atoms with Crippen molar-refractivity contribution >= 4 is 17.9 Å². The summed E-state index contributed by atoms with van der Waals surface area (Å²) >= 11 is 0. The third-order valence-corrected chi connectivity index (χ3v) is 6.38. The second-order valence-corrected chi connectivity index (χ2v) is 9.34. The summed E-state index contributed by atoms with van der Waals surface area (Å²) in [4.78, 5) is 37.2. The molecule has 3 rings (SSSR count). The molecule has 3 fully saturated rings. The molecule has 8 heteroatoms. The van der Waals surface area contributed by atoms with Gasteiger partial charge in [-0.05, 0) is 77.6 Å². The van der Waals surface area contributed by atoms with Gasteiger partial charge in [0.05, 0.1) is 12.0 Å². The van der Waals surface area contributed by atoms with Crippen LogP contribution in [-0.2, 0) is 9.59 Å². The molecule has 3 aliphatic rings. The van der Waals surface area contributed by atoms with Crippen LogP contribution >= 0.6 is 0 Å². The largest absolute Gasteiger partial charge is 0.465 e. The Bertz CT molecular complexity index is 581. The molecule has 0 radical (unpaired) electrons. The van der Waals surface area contributed by atoms with Crippen LogP contribution in [0.1, 0.15) is 65.7 Å². The molecule has 3 saturated carbocycles. The highest BCUT2D eigenvalue weighted by atomic mass is 16.4. The minimum absolute atomic E-state index is 0.202. The van der Waals surface area contributed by atoms with Crippen LogP contribution in [0.4, 0.5) is 4.79 Å². The number of carbonyl (C=O) groups excluding carboxylic acids is 2. The summed E-state index contributed by atoms with van der Waals surface area (Å²) in [7, 11) is 0. The van der Waals surface area contributed by atoms with E-state index in [0.717, 1.165) is 25.7 Å². The highest BCUT2D eigenvalue weighted by Crippen LogP contribution is 2.45. The number of unbranched alkanes of at least 4 members (excludes halogenated alkanes) is 1. The van der Waals surface area contributed by atoms with Crippen LogP contribution < -0.4 is 16.8 Å². The van der Waals surface area contributed by atoms with Gasteiger partial charge in [-0.15, -0.1) is 0 Å². The van der Waals surface area contributed by atoms with Crippen LogP contribution in [0.15, 0.2) is 0 Å². The Morgan fingerprint density at radius 1 is 1.11 bits per heavy atom. The van der Waals surface area contributed by atoms with Gasteiger partial charge in [0.1, 0.15) is 0 Å².